The molecule has 1 atom stereocenters. The molecular formula is C30H33NO6. The van der Waals surface area contributed by atoms with E-state index in [2.05, 4.69) is 17.3 Å². The quantitative estimate of drug-likeness (QED) is 0.368. The Morgan fingerprint density at radius 2 is 1.70 bits per heavy atom. The second-order valence-corrected chi connectivity index (χ2v) is 10.4. The van der Waals surface area contributed by atoms with Crippen LogP contribution >= 0.6 is 0 Å². The van der Waals surface area contributed by atoms with Gasteiger partial charge in [0.05, 0.1) is 37.9 Å². The summed E-state index contributed by atoms with van der Waals surface area (Å²) in [5.74, 6) is 0.0539. The fourth-order valence-electron chi connectivity index (χ4n) is 5.67. The molecule has 0 spiro atoms. The molecule has 0 amide bonds. The van der Waals surface area contributed by atoms with Crippen molar-refractivity contribution in [3.8, 4) is 11.3 Å². The molecule has 2 aromatic carbocycles. The zero-order valence-electron chi connectivity index (χ0n) is 21.6. The fourth-order valence-corrected chi connectivity index (χ4v) is 5.67. The van der Waals surface area contributed by atoms with Crippen molar-refractivity contribution in [3.63, 3.8) is 0 Å². The number of hydrogen-bond donors (Lipinski definition) is 0. The van der Waals surface area contributed by atoms with Gasteiger partial charge in [0.15, 0.2) is 5.76 Å². The van der Waals surface area contributed by atoms with E-state index in [0.29, 0.717) is 24.5 Å². The summed E-state index contributed by atoms with van der Waals surface area (Å²) in [4.78, 5) is 24.6. The fraction of sp³-hybridized carbons (Fsp3) is 0.433. The predicted molar refractivity (Wildman–Crippen MR) is 137 cm³/mol. The van der Waals surface area contributed by atoms with E-state index in [4.69, 9.17) is 18.7 Å². The molecule has 3 heterocycles. The number of ether oxygens (including phenoxy) is 3. The van der Waals surface area contributed by atoms with Crippen LogP contribution < -0.4 is 0 Å². The van der Waals surface area contributed by atoms with Gasteiger partial charge in [0.1, 0.15) is 6.10 Å². The van der Waals surface area contributed by atoms with Crippen molar-refractivity contribution >= 4 is 11.9 Å². The maximum Gasteiger partial charge on any atom is 0.311 e. The molecule has 37 heavy (non-hydrogen) atoms. The van der Waals surface area contributed by atoms with Crippen molar-refractivity contribution in [1.29, 1.82) is 0 Å². The Labute approximate surface area is 217 Å². The Morgan fingerprint density at radius 1 is 1.00 bits per heavy atom. The van der Waals surface area contributed by atoms with E-state index in [-0.39, 0.29) is 35.5 Å². The Morgan fingerprint density at radius 3 is 2.32 bits per heavy atom. The summed E-state index contributed by atoms with van der Waals surface area (Å²) in [6.07, 6.45) is 3.71. The molecule has 3 aromatic rings. The van der Waals surface area contributed by atoms with Crippen molar-refractivity contribution < 1.29 is 28.3 Å². The van der Waals surface area contributed by atoms with Crippen LogP contribution in [-0.2, 0) is 35.6 Å². The zero-order chi connectivity index (χ0) is 26.0. The lowest BCUT2D eigenvalue weighted by atomic mass is 9.62. The van der Waals surface area contributed by atoms with E-state index in [1.54, 1.807) is 0 Å². The number of hydrogen-bond acceptors (Lipinski definition) is 7. The van der Waals surface area contributed by atoms with Crippen LogP contribution in [0.5, 0.6) is 0 Å². The molecule has 2 aliphatic heterocycles. The SMILES string of the molecule is COC(=O)CC12CCC(c3ccc(-c4onc(C)c4CC(=O)O[C@H](C)c4ccccc4)cc3)(CC1)CO2. The summed E-state index contributed by atoms with van der Waals surface area (Å²) >= 11 is 0. The van der Waals surface area contributed by atoms with Crippen LogP contribution in [0.1, 0.15) is 67.5 Å². The molecule has 6 rings (SSSR count). The van der Waals surface area contributed by atoms with E-state index in [0.717, 1.165) is 42.4 Å². The Kier molecular flexibility index (Phi) is 6.90. The molecule has 3 fully saturated rings. The third-order valence-electron chi connectivity index (χ3n) is 8.11. The Bertz CT molecular complexity index is 1240. The highest BCUT2D eigenvalue weighted by atomic mass is 16.5. The predicted octanol–water partition coefficient (Wildman–Crippen LogP) is 5.64. The van der Waals surface area contributed by atoms with E-state index < -0.39 is 0 Å². The van der Waals surface area contributed by atoms with E-state index in [9.17, 15) is 9.59 Å². The van der Waals surface area contributed by atoms with Gasteiger partial charge in [0.2, 0.25) is 0 Å². The lowest BCUT2D eigenvalue weighted by Gasteiger charge is -2.53. The van der Waals surface area contributed by atoms with Crippen LogP contribution in [0.4, 0.5) is 0 Å². The van der Waals surface area contributed by atoms with Crippen molar-refractivity contribution in [3.05, 3.63) is 77.0 Å². The summed E-state index contributed by atoms with van der Waals surface area (Å²) in [7, 11) is 1.42. The van der Waals surface area contributed by atoms with Crippen LogP contribution in [-0.4, -0.2) is 36.4 Å². The van der Waals surface area contributed by atoms with Gasteiger partial charge in [-0.1, -0.05) is 59.8 Å². The minimum atomic E-state index is -0.381. The third-order valence-corrected chi connectivity index (χ3v) is 8.11. The molecule has 1 aliphatic carbocycles. The highest BCUT2D eigenvalue weighted by Crippen LogP contribution is 2.51. The maximum atomic E-state index is 12.8. The highest BCUT2D eigenvalue weighted by molar-refractivity contribution is 5.77. The van der Waals surface area contributed by atoms with Gasteiger partial charge >= 0.3 is 11.9 Å². The van der Waals surface area contributed by atoms with E-state index in [1.165, 1.54) is 12.7 Å². The minimum Gasteiger partial charge on any atom is -0.469 e. The number of carbonyl (C=O) groups excluding carboxylic acids is 2. The summed E-state index contributed by atoms with van der Waals surface area (Å²) in [6, 6.07) is 18.0. The second kappa shape index (κ2) is 10.1. The van der Waals surface area contributed by atoms with Crippen LogP contribution in [0.25, 0.3) is 11.3 Å². The molecule has 0 N–H and O–H groups in total. The minimum absolute atomic E-state index is 0.0477. The first-order valence-corrected chi connectivity index (χ1v) is 12.8. The molecule has 1 aromatic heterocycles. The van der Waals surface area contributed by atoms with Gasteiger partial charge in [-0.15, -0.1) is 0 Å². The van der Waals surface area contributed by atoms with Crippen molar-refractivity contribution in [2.45, 2.75) is 69.5 Å². The van der Waals surface area contributed by atoms with Gasteiger partial charge in [-0.25, -0.2) is 0 Å². The molecule has 1 saturated carbocycles. The lowest BCUT2D eigenvalue weighted by molar-refractivity contribution is -0.176. The highest BCUT2D eigenvalue weighted by Gasteiger charge is 2.51. The van der Waals surface area contributed by atoms with E-state index in [1.807, 2.05) is 56.3 Å². The molecule has 7 nitrogen and oxygen atoms in total. The first-order chi connectivity index (χ1) is 17.8. The smallest absolute Gasteiger partial charge is 0.311 e. The number of aryl methyl sites for hydroxylation is 1. The first-order valence-electron chi connectivity index (χ1n) is 12.8. The molecule has 7 heteroatoms. The summed E-state index contributed by atoms with van der Waals surface area (Å²) < 4.78 is 22.5. The van der Waals surface area contributed by atoms with Gasteiger partial charge in [-0.3, -0.25) is 9.59 Å². The normalized spacial score (nSPS) is 23.4. The Balaban J connectivity index is 1.27. The van der Waals surface area contributed by atoms with Gasteiger partial charge in [0, 0.05) is 16.5 Å². The molecule has 194 valence electrons. The van der Waals surface area contributed by atoms with Crippen molar-refractivity contribution in [1.82, 2.24) is 5.16 Å². The standard InChI is InChI=1S/C30H33NO6/c1-20-25(17-26(32)36-21(2)22-7-5-4-6-8-22)28(37-31-20)23-9-11-24(12-10-23)29-13-15-30(16-14-29,35-19-29)18-27(33)34-3/h4-12,21H,13-19H2,1-3H3/t21-,29?,30?/m1/s1. The third kappa shape index (κ3) is 5.05. The largest absolute Gasteiger partial charge is 0.469 e. The molecular weight excluding hydrogens is 470 g/mol. The van der Waals surface area contributed by atoms with E-state index >= 15 is 0 Å². The number of methoxy groups -OCH3 is 1. The van der Waals surface area contributed by atoms with Crippen LogP contribution in [0.3, 0.4) is 0 Å². The molecule has 2 saturated heterocycles. The number of nitrogens with zero attached hydrogens (tertiary/aromatic N) is 1. The number of fused-ring (bicyclic) bond motifs is 3. The Hall–Kier alpha value is -3.45. The summed E-state index contributed by atoms with van der Waals surface area (Å²) in [5, 5.41) is 4.13. The van der Waals surface area contributed by atoms with Gasteiger partial charge in [0.25, 0.3) is 0 Å². The average Bonchev–Trinajstić information content (AvgIpc) is 3.29. The number of benzene rings is 2. The number of carbonyl (C=O) groups is 2. The van der Waals surface area contributed by atoms with Crippen LogP contribution in [0.2, 0.25) is 0 Å². The van der Waals surface area contributed by atoms with Gasteiger partial charge < -0.3 is 18.7 Å². The van der Waals surface area contributed by atoms with Gasteiger partial charge in [-0.05, 0) is 50.7 Å². The van der Waals surface area contributed by atoms with Crippen LogP contribution in [0.15, 0.2) is 59.1 Å². The molecule has 0 radical (unpaired) electrons. The van der Waals surface area contributed by atoms with Gasteiger partial charge in [-0.2, -0.15) is 0 Å². The van der Waals surface area contributed by atoms with Crippen LogP contribution in [0, 0.1) is 6.92 Å². The molecule has 3 aliphatic rings. The topological polar surface area (TPSA) is 87.9 Å². The lowest BCUT2D eigenvalue weighted by Crippen LogP contribution is -2.54. The zero-order valence-corrected chi connectivity index (χ0v) is 21.6. The summed E-state index contributed by atoms with van der Waals surface area (Å²) in [6.45, 7) is 4.31. The summed E-state index contributed by atoms with van der Waals surface area (Å²) in [5.41, 5.74) is 4.02. The monoisotopic (exact) mass is 503 g/mol. The number of aromatic nitrogens is 1. The van der Waals surface area contributed by atoms with Crippen molar-refractivity contribution in [2.24, 2.45) is 0 Å². The maximum absolute atomic E-state index is 12.8. The first kappa shape index (κ1) is 25.2. The second-order valence-electron chi connectivity index (χ2n) is 10.4. The average molecular weight is 504 g/mol. The van der Waals surface area contributed by atoms with Crippen molar-refractivity contribution in [2.75, 3.05) is 13.7 Å². The molecule has 2 bridgehead atoms. The molecule has 0 unspecified atom stereocenters. The number of rotatable bonds is 8. The number of esters is 2.